The fourth-order valence-electron chi connectivity index (χ4n) is 2.18. The molecule has 0 atom stereocenters. The average Bonchev–Trinajstić information content (AvgIpc) is 3.06. The molecule has 1 aromatic heterocycles. The Morgan fingerprint density at radius 3 is 2.32 bits per heavy atom. The Kier molecular flexibility index (Phi) is 6.74. The fraction of sp³-hybridized carbons (Fsp3) is 0.0556. The first-order valence-corrected chi connectivity index (χ1v) is 9.93. The maximum Gasteiger partial charge on any atom is 0.325 e. The van der Waals surface area contributed by atoms with Crippen LogP contribution in [-0.2, 0) is 11.2 Å². The van der Waals surface area contributed by atoms with Gasteiger partial charge in [-0.2, -0.15) is 0 Å². The number of thiazole rings is 1. The first-order valence-electron chi connectivity index (χ1n) is 7.92. The van der Waals surface area contributed by atoms with Crippen LogP contribution in [0.4, 0.5) is 21.3 Å². The Hall–Kier alpha value is -2.32. The average molecular weight is 456 g/mol. The summed E-state index contributed by atoms with van der Waals surface area (Å²) in [4.78, 5) is 28.4. The van der Waals surface area contributed by atoms with Gasteiger partial charge in [-0.15, -0.1) is 11.3 Å². The number of halogens is 3. The van der Waals surface area contributed by atoms with Gasteiger partial charge in [-0.1, -0.05) is 34.8 Å². The zero-order valence-electron chi connectivity index (χ0n) is 14.1. The highest BCUT2D eigenvalue weighted by atomic mass is 35.5. The molecule has 0 saturated heterocycles. The van der Waals surface area contributed by atoms with Crippen LogP contribution in [-0.4, -0.2) is 16.9 Å². The number of nitrogens with one attached hydrogen (secondary N) is 3. The smallest absolute Gasteiger partial charge is 0.325 e. The summed E-state index contributed by atoms with van der Waals surface area (Å²) < 4.78 is 0. The fourth-order valence-corrected chi connectivity index (χ4v) is 3.31. The van der Waals surface area contributed by atoms with Crippen molar-refractivity contribution in [2.24, 2.45) is 0 Å². The van der Waals surface area contributed by atoms with Gasteiger partial charge in [0.05, 0.1) is 22.2 Å². The molecule has 0 unspecified atom stereocenters. The molecule has 28 heavy (non-hydrogen) atoms. The highest BCUT2D eigenvalue weighted by Gasteiger charge is 2.11. The van der Waals surface area contributed by atoms with E-state index in [2.05, 4.69) is 20.9 Å². The number of amides is 3. The van der Waals surface area contributed by atoms with E-state index in [0.717, 1.165) is 0 Å². The topological polar surface area (TPSA) is 83.1 Å². The lowest BCUT2D eigenvalue weighted by atomic mass is 10.3. The number of hydrogen-bond donors (Lipinski definition) is 3. The van der Waals surface area contributed by atoms with Crippen LogP contribution >= 0.6 is 46.1 Å². The summed E-state index contributed by atoms with van der Waals surface area (Å²) >= 11 is 18.8. The number of benzene rings is 2. The van der Waals surface area contributed by atoms with Gasteiger partial charge in [-0.3, -0.25) is 10.1 Å². The monoisotopic (exact) mass is 454 g/mol. The first kappa shape index (κ1) is 20.4. The van der Waals surface area contributed by atoms with E-state index in [9.17, 15) is 9.59 Å². The minimum absolute atomic E-state index is 0.0528. The Bertz CT molecular complexity index is 1010. The zero-order chi connectivity index (χ0) is 20.1. The third-order valence-corrected chi connectivity index (χ3v) is 5.22. The lowest BCUT2D eigenvalue weighted by Gasteiger charge is -2.06. The Morgan fingerprint density at radius 2 is 1.61 bits per heavy atom. The number of carbonyl (C=O) groups is 2. The molecule has 0 fully saturated rings. The number of hydrogen-bond acceptors (Lipinski definition) is 4. The van der Waals surface area contributed by atoms with E-state index in [-0.39, 0.29) is 12.3 Å². The van der Waals surface area contributed by atoms with Crippen molar-refractivity contribution in [3.05, 3.63) is 68.6 Å². The summed E-state index contributed by atoms with van der Waals surface area (Å²) in [5, 5.41) is 11.4. The van der Waals surface area contributed by atoms with Gasteiger partial charge in [0.1, 0.15) is 0 Å². The molecule has 1 heterocycles. The van der Waals surface area contributed by atoms with Crippen LogP contribution in [0.5, 0.6) is 0 Å². The number of anilines is 3. The molecule has 0 saturated carbocycles. The number of aromatic nitrogens is 1. The Balaban J connectivity index is 1.53. The molecule has 144 valence electrons. The van der Waals surface area contributed by atoms with Gasteiger partial charge in [0.15, 0.2) is 5.13 Å². The summed E-state index contributed by atoms with van der Waals surface area (Å²) in [5.74, 6) is -0.263. The maximum atomic E-state index is 12.1. The summed E-state index contributed by atoms with van der Waals surface area (Å²) in [5.41, 5.74) is 1.67. The van der Waals surface area contributed by atoms with E-state index in [1.54, 1.807) is 47.8 Å². The minimum Gasteiger partial charge on any atom is -0.326 e. The summed E-state index contributed by atoms with van der Waals surface area (Å²) in [6.07, 6.45) is 0.0528. The van der Waals surface area contributed by atoms with Crippen LogP contribution < -0.4 is 16.0 Å². The minimum atomic E-state index is -0.441. The molecule has 6 nitrogen and oxygen atoms in total. The van der Waals surface area contributed by atoms with Crippen LogP contribution in [0.2, 0.25) is 15.1 Å². The van der Waals surface area contributed by atoms with E-state index >= 15 is 0 Å². The van der Waals surface area contributed by atoms with Crippen LogP contribution in [0.1, 0.15) is 5.69 Å². The molecule has 3 N–H and O–H groups in total. The second-order valence-corrected chi connectivity index (χ2v) is 7.69. The van der Waals surface area contributed by atoms with E-state index in [0.29, 0.717) is 37.3 Å². The molecule has 3 amide bonds. The lowest BCUT2D eigenvalue weighted by Crippen LogP contribution is -2.19. The van der Waals surface area contributed by atoms with Crippen molar-refractivity contribution in [1.82, 2.24) is 4.98 Å². The van der Waals surface area contributed by atoms with Gasteiger partial charge in [-0.05, 0) is 42.5 Å². The molecule has 0 bridgehead atoms. The van der Waals surface area contributed by atoms with Gasteiger partial charge in [0, 0.05) is 21.8 Å². The van der Waals surface area contributed by atoms with Gasteiger partial charge in [-0.25, -0.2) is 9.78 Å². The lowest BCUT2D eigenvalue weighted by molar-refractivity contribution is -0.115. The second kappa shape index (κ2) is 9.25. The van der Waals surface area contributed by atoms with Crippen molar-refractivity contribution >= 4 is 74.6 Å². The predicted molar refractivity (Wildman–Crippen MR) is 115 cm³/mol. The Labute approximate surface area is 179 Å². The molecule has 2 aromatic carbocycles. The summed E-state index contributed by atoms with van der Waals surface area (Å²) in [7, 11) is 0. The van der Waals surface area contributed by atoms with Gasteiger partial charge in [0.2, 0.25) is 5.91 Å². The van der Waals surface area contributed by atoms with Crippen molar-refractivity contribution in [3.63, 3.8) is 0 Å². The standard InChI is InChI=1S/C18H13Cl3N4O2S/c19-10-1-3-11(4-2-10)23-17(27)25-18-24-13(9-28-18)8-16(26)22-12-5-6-14(20)15(21)7-12/h1-7,9H,8H2,(H,22,26)(H2,23,24,25,27). The molecular formula is C18H13Cl3N4O2S. The molecule has 0 aliphatic carbocycles. The zero-order valence-corrected chi connectivity index (χ0v) is 17.2. The SMILES string of the molecule is O=C(Cc1csc(NC(=O)Nc2ccc(Cl)cc2)n1)Nc1ccc(Cl)c(Cl)c1. The van der Waals surface area contributed by atoms with E-state index in [4.69, 9.17) is 34.8 Å². The third-order valence-electron chi connectivity index (χ3n) is 3.42. The molecule has 0 aliphatic heterocycles. The van der Waals surface area contributed by atoms with Crippen LogP contribution in [0.25, 0.3) is 0 Å². The van der Waals surface area contributed by atoms with E-state index in [1.807, 2.05) is 0 Å². The molecule has 3 aromatic rings. The van der Waals surface area contributed by atoms with Gasteiger partial charge < -0.3 is 10.6 Å². The maximum absolute atomic E-state index is 12.1. The highest BCUT2D eigenvalue weighted by Crippen LogP contribution is 2.25. The van der Waals surface area contributed by atoms with Crippen molar-refractivity contribution < 1.29 is 9.59 Å². The van der Waals surface area contributed by atoms with Crippen molar-refractivity contribution in [3.8, 4) is 0 Å². The van der Waals surface area contributed by atoms with Crippen molar-refractivity contribution in [1.29, 1.82) is 0 Å². The Morgan fingerprint density at radius 1 is 0.893 bits per heavy atom. The van der Waals surface area contributed by atoms with E-state index in [1.165, 1.54) is 11.3 Å². The molecular weight excluding hydrogens is 443 g/mol. The molecule has 0 spiro atoms. The molecule has 0 aliphatic rings. The quantitative estimate of drug-likeness (QED) is 0.446. The van der Waals surface area contributed by atoms with E-state index < -0.39 is 6.03 Å². The number of urea groups is 1. The van der Waals surface area contributed by atoms with Crippen molar-refractivity contribution in [2.45, 2.75) is 6.42 Å². The molecule has 0 radical (unpaired) electrons. The largest absolute Gasteiger partial charge is 0.326 e. The molecule has 10 heteroatoms. The molecule has 3 rings (SSSR count). The number of nitrogens with zero attached hydrogens (tertiary/aromatic N) is 1. The van der Waals surface area contributed by atoms with Gasteiger partial charge in [0.25, 0.3) is 0 Å². The summed E-state index contributed by atoms with van der Waals surface area (Å²) in [6.45, 7) is 0. The number of rotatable bonds is 5. The number of carbonyl (C=O) groups excluding carboxylic acids is 2. The predicted octanol–water partition coefficient (Wildman–Crippen LogP) is 5.93. The van der Waals surface area contributed by atoms with Crippen molar-refractivity contribution in [2.75, 3.05) is 16.0 Å². The second-order valence-electron chi connectivity index (χ2n) is 5.58. The normalized spacial score (nSPS) is 10.4. The van der Waals surface area contributed by atoms with Crippen LogP contribution in [0, 0.1) is 0 Å². The van der Waals surface area contributed by atoms with Crippen LogP contribution in [0.15, 0.2) is 47.8 Å². The summed E-state index contributed by atoms with van der Waals surface area (Å²) in [6, 6.07) is 11.1. The third kappa shape index (κ3) is 5.84. The van der Waals surface area contributed by atoms with Gasteiger partial charge >= 0.3 is 6.03 Å². The first-order chi connectivity index (χ1) is 13.4. The van der Waals surface area contributed by atoms with Crippen LogP contribution in [0.3, 0.4) is 0 Å². The highest BCUT2D eigenvalue weighted by molar-refractivity contribution is 7.14.